The minimum absolute atomic E-state index is 0.272. The van der Waals surface area contributed by atoms with E-state index in [0.29, 0.717) is 0 Å². The van der Waals surface area contributed by atoms with Gasteiger partial charge in [-0.25, -0.2) is 4.79 Å². The molecular formula is C14H18BNO4. The quantitative estimate of drug-likeness (QED) is 0.797. The number of rotatable bonds is 1. The zero-order valence-corrected chi connectivity index (χ0v) is 12.1. The summed E-state index contributed by atoms with van der Waals surface area (Å²) < 4.78 is 17.0. The van der Waals surface area contributed by atoms with E-state index >= 15 is 0 Å². The van der Waals surface area contributed by atoms with Crippen LogP contribution in [0.15, 0.2) is 18.2 Å². The Labute approximate surface area is 118 Å². The van der Waals surface area contributed by atoms with Gasteiger partial charge in [0.2, 0.25) is 0 Å². The van der Waals surface area contributed by atoms with Crippen molar-refractivity contribution in [2.24, 2.45) is 0 Å². The van der Waals surface area contributed by atoms with Crippen molar-refractivity contribution >= 4 is 24.4 Å². The third-order valence-electron chi connectivity index (χ3n) is 4.25. The number of nitrogens with one attached hydrogen (secondary N) is 1. The number of fused-ring (bicyclic) bond motifs is 1. The predicted octanol–water partition coefficient (Wildman–Crippen LogP) is 2.05. The summed E-state index contributed by atoms with van der Waals surface area (Å²) in [4.78, 5) is 11.2. The molecule has 0 unspecified atom stereocenters. The van der Waals surface area contributed by atoms with Gasteiger partial charge in [0.05, 0.1) is 16.9 Å². The summed E-state index contributed by atoms with van der Waals surface area (Å²) in [6.45, 7) is 8.36. The van der Waals surface area contributed by atoms with Crippen LogP contribution < -0.4 is 10.8 Å². The highest BCUT2D eigenvalue weighted by molar-refractivity contribution is 6.62. The molecule has 1 aromatic carbocycles. The Hall–Kier alpha value is -1.53. The maximum Gasteiger partial charge on any atom is 0.494 e. The van der Waals surface area contributed by atoms with E-state index < -0.39 is 13.2 Å². The third-order valence-corrected chi connectivity index (χ3v) is 4.25. The van der Waals surface area contributed by atoms with Crippen molar-refractivity contribution in [2.45, 2.75) is 45.5 Å². The highest BCUT2D eigenvalue weighted by atomic mass is 16.7. The molecule has 1 aromatic rings. The number of amides is 1. The van der Waals surface area contributed by atoms with Gasteiger partial charge in [-0.1, -0.05) is 12.1 Å². The van der Waals surface area contributed by atoms with E-state index in [4.69, 9.17) is 14.0 Å². The lowest BCUT2D eigenvalue weighted by Gasteiger charge is -2.32. The standard InChI is InChI=1S/C14H18BNO4/c1-13(2)14(3,4)20-15(19-13)10-5-6-11-9(7-10)8-18-12(17)16-11/h5-7H,8H2,1-4H3,(H,16,17). The second kappa shape index (κ2) is 4.23. The molecular weight excluding hydrogens is 257 g/mol. The zero-order valence-electron chi connectivity index (χ0n) is 12.1. The summed E-state index contributed by atoms with van der Waals surface area (Å²) in [5.74, 6) is 0. The van der Waals surface area contributed by atoms with Gasteiger partial charge in [0.1, 0.15) is 6.61 Å². The van der Waals surface area contributed by atoms with Crippen molar-refractivity contribution < 1.29 is 18.8 Å². The summed E-state index contributed by atoms with van der Waals surface area (Å²) in [7, 11) is -0.400. The van der Waals surface area contributed by atoms with Gasteiger partial charge < -0.3 is 14.0 Å². The second-order valence-electron chi connectivity index (χ2n) is 6.21. The molecule has 1 saturated heterocycles. The van der Waals surface area contributed by atoms with E-state index in [0.717, 1.165) is 16.7 Å². The van der Waals surface area contributed by atoms with Gasteiger partial charge >= 0.3 is 13.2 Å². The Morgan fingerprint density at radius 3 is 2.45 bits per heavy atom. The normalized spacial score (nSPS) is 23.0. The lowest BCUT2D eigenvalue weighted by Crippen LogP contribution is -2.41. The molecule has 1 fully saturated rings. The predicted molar refractivity (Wildman–Crippen MR) is 76.0 cm³/mol. The number of ether oxygens (including phenoxy) is 1. The molecule has 0 bridgehead atoms. The molecule has 1 amide bonds. The maximum absolute atomic E-state index is 11.2. The molecule has 0 aromatic heterocycles. The second-order valence-corrected chi connectivity index (χ2v) is 6.21. The molecule has 0 atom stereocenters. The van der Waals surface area contributed by atoms with Crippen molar-refractivity contribution in [1.82, 2.24) is 0 Å². The summed E-state index contributed by atoms with van der Waals surface area (Å²) in [6, 6.07) is 5.72. The minimum Gasteiger partial charge on any atom is -0.444 e. The molecule has 2 aliphatic heterocycles. The monoisotopic (exact) mass is 275 g/mol. The van der Waals surface area contributed by atoms with Crippen molar-refractivity contribution in [3.8, 4) is 0 Å². The minimum atomic E-state index is -0.416. The van der Waals surface area contributed by atoms with E-state index in [9.17, 15) is 4.79 Å². The summed E-state index contributed by atoms with van der Waals surface area (Å²) in [5.41, 5.74) is 1.91. The zero-order chi connectivity index (χ0) is 14.5. The molecule has 5 nitrogen and oxygen atoms in total. The van der Waals surface area contributed by atoms with Crippen LogP contribution in [0.3, 0.4) is 0 Å². The smallest absolute Gasteiger partial charge is 0.444 e. The Bertz CT molecular complexity index is 554. The summed E-state index contributed by atoms with van der Waals surface area (Å²) in [6.07, 6.45) is -0.416. The van der Waals surface area contributed by atoms with Gasteiger partial charge in [-0.3, -0.25) is 5.32 Å². The molecule has 2 aliphatic rings. The molecule has 0 aliphatic carbocycles. The van der Waals surface area contributed by atoms with Crippen molar-refractivity contribution in [1.29, 1.82) is 0 Å². The number of anilines is 1. The third kappa shape index (κ3) is 2.09. The molecule has 106 valence electrons. The van der Waals surface area contributed by atoms with E-state index in [-0.39, 0.29) is 17.8 Å². The lowest BCUT2D eigenvalue weighted by atomic mass is 9.78. The van der Waals surface area contributed by atoms with Crippen LogP contribution in [0.2, 0.25) is 0 Å². The van der Waals surface area contributed by atoms with E-state index in [1.807, 2.05) is 45.9 Å². The van der Waals surface area contributed by atoms with Crippen LogP contribution in [0.4, 0.5) is 10.5 Å². The topological polar surface area (TPSA) is 56.8 Å². The Morgan fingerprint density at radius 1 is 1.15 bits per heavy atom. The van der Waals surface area contributed by atoms with Gasteiger partial charge in [-0.05, 0) is 39.2 Å². The van der Waals surface area contributed by atoms with E-state index in [1.165, 1.54) is 0 Å². The first-order valence-corrected chi connectivity index (χ1v) is 6.71. The first-order valence-electron chi connectivity index (χ1n) is 6.71. The number of hydrogen-bond acceptors (Lipinski definition) is 4. The fourth-order valence-electron chi connectivity index (χ4n) is 2.27. The van der Waals surface area contributed by atoms with E-state index in [1.54, 1.807) is 0 Å². The van der Waals surface area contributed by atoms with Gasteiger partial charge in [0.25, 0.3) is 0 Å². The van der Waals surface area contributed by atoms with Crippen LogP contribution in [0, 0.1) is 0 Å². The number of carbonyl (C=O) groups excluding carboxylic acids is 1. The van der Waals surface area contributed by atoms with Crippen LogP contribution in [0.25, 0.3) is 0 Å². The van der Waals surface area contributed by atoms with Gasteiger partial charge in [-0.15, -0.1) is 0 Å². The first-order chi connectivity index (χ1) is 9.28. The van der Waals surface area contributed by atoms with Crippen LogP contribution in [0.1, 0.15) is 33.3 Å². The summed E-state index contributed by atoms with van der Waals surface area (Å²) >= 11 is 0. The summed E-state index contributed by atoms with van der Waals surface area (Å²) in [5, 5.41) is 2.67. The molecule has 2 heterocycles. The average molecular weight is 275 g/mol. The highest BCUT2D eigenvalue weighted by Crippen LogP contribution is 2.36. The Kier molecular flexibility index (Phi) is 2.85. The van der Waals surface area contributed by atoms with Crippen molar-refractivity contribution in [2.75, 3.05) is 5.32 Å². The highest BCUT2D eigenvalue weighted by Gasteiger charge is 2.51. The van der Waals surface area contributed by atoms with Crippen LogP contribution in [-0.2, 0) is 20.7 Å². The Balaban J connectivity index is 1.88. The number of hydrogen-bond donors (Lipinski definition) is 1. The molecule has 0 radical (unpaired) electrons. The van der Waals surface area contributed by atoms with Gasteiger partial charge in [0.15, 0.2) is 0 Å². The van der Waals surface area contributed by atoms with E-state index in [2.05, 4.69) is 5.32 Å². The molecule has 6 heteroatoms. The SMILES string of the molecule is CC1(C)OB(c2ccc3c(c2)COC(=O)N3)OC1(C)C. The van der Waals surface area contributed by atoms with Crippen molar-refractivity contribution in [3.63, 3.8) is 0 Å². The first kappa shape index (κ1) is 13.5. The largest absolute Gasteiger partial charge is 0.494 e. The Morgan fingerprint density at radius 2 is 1.80 bits per heavy atom. The van der Waals surface area contributed by atoms with Crippen molar-refractivity contribution in [3.05, 3.63) is 23.8 Å². The van der Waals surface area contributed by atoms with Gasteiger partial charge in [-0.2, -0.15) is 0 Å². The van der Waals surface area contributed by atoms with Crippen LogP contribution in [0.5, 0.6) is 0 Å². The maximum atomic E-state index is 11.2. The number of carbonyl (C=O) groups is 1. The molecule has 20 heavy (non-hydrogen) atoms. The fraction of sp³-hybridized carbons (Fsp3) is 0.500. The number of cyclic esters (lactones) is 1. The fourth-order valence-corrected chi connectivity index (χ4v) is 2.27. The molecule has 0 spiro atoms. The lowest BCUT2D eigenvalue weighted by molar-refractivity contribution is 0.00578. The van der Waals surface area contributed by atoms with Crippen LogP contribution >= 0.6 is 0 Å². The molecule has 0 saturated carbocycles. The van der Waals surface area contributed by atoms with Gasteiger partial charge in [0, 0.05) is 5.56 Å². The molecule has 1 N–H and O–H groups in total. The number of benzene rings is 1. The molecule has 3 rings (SSSR count). The van der Waals surface area contributed by atoms with Crippen LogP contribution in [-0.4, -0.2) is 24.4 Å². The average Bonchev–Trinajstić information content (AvgIpc) is 2.58.